The van der Waals surface area contributed by atoms with Gasteiger partial charge < -0.3 is 16.3 Å². The molecule has 5 heteroatoms. The molecule has 0 heterocycles. The summed E-state index contributed by atoms with van der Waals surface area (Å²) in [6.45, 7) is 9.14. The van der Waals surface area contributed by atoms with Gasteiger partial charge in [-0.05, 0) is 45.7 Å². The van der Waals surface area contributed by atoms with Gasteiger partial charge in [0, 0.05) is 5.56 Å². The van der Waals surface area contributed by atoms with Gasteiger partial charge in [-0.3, -0.25) is 4.79 Å². The predicted octanol–water partition coefficient (Wildman–Crippen LogP) is 1.87. The zero-order chi connectivity index (χ0) is 14.8. The van der Waals surface area contributed by atoms with Crippen molar-refractivity contribution in [3.8, 4) is 0 Å². The van der Waals surface area contributed by atoms with Gasteiger partial charge in [0.05, 0.1) is 5.54 Å². The summed E-state index contributed by atoms with van der Waals surface area (Å²) >= 11 is 0. The maximum Gasteiger partial charge on any atom is 0.252 e. The van der Waals surface area contributed by atoms with Crippen molar-refractivity contribution < 1.29 is 10.0 Å². The number of amidine groups is 1. The molecule has 0 spiro atoms. The number of carbonyl (C=O) groups is 1. The number of nitrogens with zero attached hydrogens (tertiary/aromatic N) is 1. The first-order valence-corrected chi connectivity index (χ1v) is 6.07. The molecule has 1 rings (SSSR count). The van der Waals surface area contributed by atoms with Crippen LogP contribution in [0, 0.1) is 20.8 Å². The average Bonchev–Trinajstić information content (AvgIpc) is 2.25. The molecule has 0 aliphatic heterocycles. The van der Waals surface area contributed by atoms with Crippen LogP contribution < -0.4 is 11.1 Å². The summed E-state index contributed by atoms with van der Waals surface area (Å²) in [5, 5.41) is 14.4. The highest BCUT2D eigenvalue weighted by molar-refractivity contribution is 6.01. The van der Waals surface area contributed by atoms with Gasteiger partial charge in [0.1, 0.15) is 0 Å². The zero-order valence-corrected chi connectivity index (χ0v) is 12.0. The maximum atomic E-state index is 12.3. The molecule has 0 bridgehead atoms. The lowest BCUT2D eigenvalue weighted by atomic mass is 9.97. The number of hydrogen-bond donors (Lipinski definition) is 3. The molecule has 0 saturated carbocycles. The van der Waals surface area contributed by atoms with E-state index in [0.717, 1.165) is 16.7 Å². The minimum atomic E-state index is -0.907. The summed E-state index contributed by atoms with van der Waals surface area (Å²) in [6.07, 6.45) is 0. The van der Waals surface area contributed by atoms with E-state index in [0.29, 0.717) is 5.56 Å². The fourth-order valence-corrected chi connectivity index (χ4v) is 2.07. The smallest absolute Gasteiger partial charge is 0.252 e. The Kier molecular flexibility index (Phi) is 4.19. The van der Waals surface area contributed by atoms with E-state index in [9.17, 15) is 4.79 Å². The average molecular weight is 263 g/mol. The highest BCUT2D eigenvalue weighted by atomic mass is 16.4. The Morgan fingerprint density at radius 2 is 1.74 bits per heavy atom. The molecule has 0 unspecified atom stereocenters. The number of amides is 1. The van der Waals surface area contributed by atoms with Crippen molar-refractivity contribution in [2.75, 3.05) is 0 Å². The summed E-state index contributed by atoms with van der Waals surface area (Å²) in [5.74, 6) is -0.269. The maximum absolute atomic E-state index is 12.3. The Hall–Kier alpha value is -2.04. The van der Waals surface area contributed by atoms with Crippen LogP contribution in [0.3, 0.4) is 0 Å². The second-order valence-electron chi connectivity index (χ2n) is 5.34. The molecule has 1 amide bonds. The molecule has 0 radical (unpaired) electrons. The second kappa shape index (κ2) is 5.30. The molecule has 0 saturated heterocycles. The minimum absolute atomic E-state index is 0.0386. The number of nitrogens with two attached hydrogens (primary N) is 1. The van der Waals surface area contributed by atoms with Crippen molar-refractivity contribution in [2.24, 2.45) is 10.9 Å². The first-order valence-electron chi connectivity index (χ1n) is 6.07. The fraction of sp³-hybridized carbons (Fsp3) is 0.429. The largest absolute Gasteiger partial charge is 0.409 e. The third-order valence-electron chi connectivity index (χ3n) is 3.08. The van der Waals surface area contributed by atoms with Crippen LogP contribution >= 0.6 is 0 Å². The van der Waals surface area contributed by atoms with E-state index in [1.807, 2.05) is 32.9 Å². The number of benzene rings is 1. The van der Waals surface area contributed by atoms with Gasteiger partial charge in [0.15, 0.2) is 5.84 Å². The lowest BCUT2D eigenvalue weighted by Crippen LogP contribution is -2.53. The molecular weight excluding hydrogens is 242 g/mol. The van der Waals surface area contributed by atoms with Gasteiger partial charge in [0.25, 0.3) is 5.91 Å². The first kappa shape index (κ1) is 15.0. The fourth-order valence-electron chi connectivity index (χ4n) is 2.07. The van der Waals surface area contributed by atoms with Crippen molar-refractivity contribution in [1.82, 2.24) is 5.32 Å². The predicted molar refractivity (Wildman–Crippen MR) is 75.6 cm³/mol. The van der Waals surface area contributed by atoms with E-state index < -0.39 is 5.54 Å². The molecule has 19 heavy (non-hydrogen) atoms. The van der Waals surface area contributed by atoms with E-state index in [1.54, 1.807) is 13.8 Å². The Balaban J connectivity index is 3.10. The van der Waals surface area contributed by atoms with Crippen molar-refractivity contribution in [3.63, 3.8) is 0 Å². The number of rotatable bonds is 3. The number of oxime groups is 1. The van der Waals surface area contributed by atoms with Crippen LogP contribution in [-0.2, 0) is 0 Å². The van der Waals surface area contributed by atoms with Crippen LogP contribution in [0.15, 0.2) is 17.3 Å². The molecule has 0 aromatic heterocycles. The Morgan fingerprint density at radius 1 is 1.26 bits per heavy atom. The number of hydrogen-bond acceptors (Lipinski definition) is 3. The van der Waals surface area contributed by atoms with Gasteiger partial charge in [-0.25, -0.2) is 0 Å². The first-order chi connectivity index (χ1) is 8.69. The van der Waals surface area contributed by atoms with Crippen LogP contribution in [0.25, 0.3) is 0 Å². The van der Waals surface area contributed by atoms with Crippen LogP contribution in [0.5, 0.6) is 0 Å². The molecule has 0 atom stereocenters. The third-order valence-corrected chi connectivity index (χ3v) is 3.08. The third kappa shape index (κ3) is 3.24. The van der Waals surface area contributed by atoms with E-state index in [4.69, 9.17) is 10.9 Å². The van der Waals surface area contributed by atoms with Crippen LogP contribution in [0.4, 0.5) is 0 Å². The number of carbonyl (C=O) groups excluding carboxylic acids is 1. The van der Waals surface area contributed by atoms with Crippen molar-refractivity contribution in [1.29, 1.82) is 0 Å². The van der Waals surface area contributed by atoms with Crippen LogP contribution in [-0.4, -0.2) is 22.5 Å². The van der Waals surface area contributed by atoms with E-state index in [1.165, 1.54) is 0 Å². The summed E-state index contributed by atoms with van der Waals surface area (Å²) in [5.41, 5.74) is 8.21. The van der Waals surface area contributed by atoms with Gasteiger partial charge in [-0.2, -0.15) is 0 Å². The van der Waals surface area contributed by atoms with E-state index >= 15 is 0 Å². The quantitative estimate of drug-likeness (QED) is 0.337. The van der Waals surface area contributed by atoms with Gasteiger partial charge in [0.2, 0.25) is 0 Å². The van der Waals surface area contributed by atoms with E-state index in [-0.39, 0.29) is 11.7 Å². The van der Waals surface area contributed by atoms with Crippen LogP contribution in [0.2, 0.25) is 0 Å². The summed E-state index contributed by atoms with van der Waals surface area (Å²) in [6, 6.07) is 3.91. The molecular formula is C14H21N3O2. The summed E-state index contributed by atoms with van der Waals surface area (Å²) in [4.78, 5) is 12.3. The highest BCUT2D eigenvalue weighted by Gasteiger charge is 2.27. The van der Waals surface area contributed by atoms with Crippen molar-refractivity contribution in [2.45, 2.75) is 40.2 Å². The normalized spacial score (nSPS) is 12.4. The van der Waals surface area contributed by atoms with Gasteiger partial charge in [-0.15, -0.1) is 0 Å². The SMILES string of the molecule is Cc1cc(C)c(C(=O)NC(C)(C)/C(N)=N/O)c(C)c1. The highest BCUT2D eigenvalue weighted by Crippen LogP contribution is 2.17. The second-order valence-corrected chi connectivity index (χ2v) is 5.34. The van der Waals surface area contributed by atoms with Crippen LogP contribution in [0.1, 0.15) is 40.9 Å². The standard InChI is InChI=1S/C14H21N3O2/c1-8-6-9(2)11(10(3)7-8)12(18)16-14(4,5)13(15)17-19/h6-7,19H,1-5H3,(H2,15,17)(H,16,18). The molecule has 104 valence electrons. The molecule has 4 N–H and O–H groups in total. The molecule has 0 aliphatic rings. The Bertz CT molecular complexity index is 510. The number of nitrogens with one attached hydrogen (secondary N) is 1. The summed E-state index contributed by atoms with van der Waals surface area (Å²) in [7, 11) is 0. The molecule has 0 aliphatic carbocycles. The topological polar surface area (TPSA) is 87.7 Å². The Morgan fingerprint density at radius 3 is 2.16 bits per heavy atom. The zero-order valence-electron chi connectivity index (χ0n) is 12.0. The molecule has 5 nitrogen and oxygen atoms in total. The van der Waals surface area contributed by atoms with Gasteiger partial charge >= 0.3 is 0 Å². The molecule has 1 aromatic carbocycles. The minimum Gasteiger partial charge on any atom is -0.409 e. The summed E-state index contributed by atoms with van der Waals surface area (Å²) < 4.78 is 0. The lowest BCUT2D eigenvalue weighted by Gasteiger charge is -2.25. The Labute approximate surface area is 113 Å². The van der Waals surface area contributed by atoms with Crippen molar-refractivity contribution in [3.05, 3.63) is 34.4 Å². The van der Waals surface area contributed by atoms with E-state index in [2.05, 4.69) is 10.5 Å². The van der Waals surface area contributed by atoms with Gasteiger partial charge in [-0.1, -0.05) is 22.9 Å². The molecule has 0 fully saturated rings. The number of aryl methyl sites for hydroxylation is 3. The molecule has 1 aromatic rings. The van der Waals surface area contributed by atoms with Crippen molar-refractivity contribution >= 4 is 11.7 Å². The lowest BCUT2D eigenvalue weighted by molar-refractivity contribution is 0.0929. The monoisotopic (exact) mass is 263 g/mol.